The number of halogens is 5. The normalized spacial score (nSPS) is 15.4. The van der Waals surface area contributed by atoms with E-state index in [2.05, 4.69) is 13.7 Å². The number of benzene rings is 2. The van der Waals surface area contributed by atoms with Gasteiger partial charge in [-0.2, -0.15) is 21.6 Å². The van der Waals surface area contributed by atoms with Crippen molar-refractivity contribution in [3.63, 3.8) is 0 Å². The van der Waals surface area contributed by atoms with Crippen molar-refractivity contribution in [1.29, 1.82) is 0 Å². The Morgan fingerprint density at radius 3 is 2.22 bits per heavy atom. The molecular formula is C15H7F5O6S. The minimum Gasteiger partial charge on any atom is -0.395 e. The zero-order valence-electron chi connectivity index (χ0n) is 12.8. The van der Waals surface area contributed by atoms with Crippen molar-refractivity contribution in [1.82, 2.24) is 0 Å². The highest BCUT2D eigenvalue weighted by molar-refractivity contribution is 7.88. The number of alkyl halides is 5. The van der Waals surface area contributed by atoms with Crippen LogP contribution < -0.4 is 13.7 Å². The van der Waals surface area contributed by atoms with Gasteiger partial charge in [-0.3, -0.25) is 4.79 Å². The number of carbonyl (C=O) groups excluding carboxylic acids is 1. The van der Waals surface area contributed by atoms with E-state index in [9.17, 15) is 35.2 Å². The number of para-hydroxylation sites is 1. The van der Waals surface area contributed by atoms with Crippen LogP contribution in [0.5, 0.6) is 17.2 Å². The summed E-state index contributed by atoms with van der Waals surface area (Å²) in [6, 6.07) is 7.17. The molecule has 0 amide bonds. The highest BCUT2D eigenvalue weighted by Gasteiger charge is 2.48. The predicted molar refractivity (Wildman–Crippen MR) is 78.1 cm³/mol. The summed E-state index contributed by atoms with van der Waals surface area (Å²) in [6.45, 7) is 0. The van der Waals surface area contributed by atoms with Crippen molar-refractivity contribution in [3.05, 3.63) is 53.6 Å². The number of fused-ring (bicyclic) bond motifs is 1. The smallest absolute Gasteiger partial charge is 0.395 e. The Morgan fingerprint density at radius 2 is 1.63 bits per heavy atom. The quantitative estimate of drug-likeness (QED) is 0.333. The molecule has 0 spiro atoms. The minimum absolute atomic E-state index is 0.140. The summed E-state index contributed by atoms with van der Waals surface area (Å²) in [5.41, 5.74) is -6.03. The first-order valence-electron chi connectivity index (χ1n) is 6.94. The third kappa shape index (κ3) is 3.65. The fourth-order valence-electron chi connectivity index (χ4n) is 2.14. The van der Waals surface area contributed by atoms with Crippen LogP contribution in [0.4, 0.5) is 22.0 Å². The maximum atomic E-state index is 13.2. The van der Waals surface area contributed by atoms with Gasteiger partial charge in [0.2, 0.25) is 0 Å². The summed E-state index contributed by atoms with van der Waals surface area (Å²) < 4.78 is 97.5. The average molecular weight is 410 g/mol. The molecule has 0 N–H and O–H groups in total. The van der Waals surface area contributed by atoms with E-state index in [-0.39, 0.29) is 16.9 Å². The van der Waals surface area contributed by atoms with Crippen molar-refractivity contribution in [3.8, 4) is 17.2 Å². The van der Waals surface area contributed by atoms with Crippen LogP contribution in [0.3, 0.4) is 0 Å². The van der Waals surface area contributed by atoms with E-state index in [4.69, 9.17) is 0 Å². The Hall–Kier alpha value is -2.89. The number of carbonyl (C=O) groups is 1. The van der Waals surface area contributed by atoms with Crippen molar-refractivity contribution < 1.29 is 48.8 Å². The summed E-state index contributed by atoms with van der Waals surface area (Å²) in [5, 5.41) is 0. The molecule has 0 fully saturated rings. The SMILES string of the molecule is O=C(c1ccc(OS(=O)(=O)C(F)(F)F)cc1)c1cccc2c1OC(F)(F)O2. The van der Waals surface area contributed by atoms with Crippen LogP contribution in [0.25, 0.3) is 0 Å². The molecule has 12 heteroatoms. The Balaban J connectivity index is 1.86. The zero-order chi connectivity index (χ0) is 20.0. The van der Waals surface area contributed by atoms with Gasteiger partial charge in [0.15, 0.2) is 17.3 Å². The number of hydrogen-bond donors (Lipinski definition) is 0. The van der Waals surface area contributed by atoms with Crippen molar-refractivity contribution in [2.75, 3.05) is 0 Å². The number of ether oxygens (including phenoxy) is 2. The van der Waals surface area contributed by atoms with Crippen molar-refractivity contribution >= 4 is 15.9 Å². The molecule has 0 saturated heterocycles. The van der Waals surface area contributed by atoms with Gasteiger partial charge in [-0.25, -0.2) is 0 Å². The maximum absolute atomic E-state index is 13.2. The van der Waals surface area contributed by atoms with Gasteiger partial charge < -0.3 is 13.7 Å². The summed E-state index contributed by atoms with van der Waals surface area (Å²) in [4.78, 5) is 12.5. The molecule has 1 aliphatic rings. The Bertz CT molecular complexity index is 998. The second-order valence-electron chi connectivity index (χ2n) is 5.14. The van der Waals surface area contributed by atoms with Gasteiger partial charge in [-0.05, 0) is 36.4 Å². The summed E-state index contributed by atoms with van der Waals surface area (Å²) >= 11 is 0. The monoisotopic (exact) mass is 410 g/mol. The van der Waals surface area contributed by atoms with Gasteiger partial charge in [0, 0.05) is 5.56 Å². The highest BCUT2D eigenvalue weighted by atomic mass is 32.2. The van der Waals surface area contributed by atoms with Gasteiger partial charge >= 0.3 is 21.9 Å². The molecule has 2 aromatic carbocycles. The highest BCUT2D eigenvalue weighted by Crippen LogP contribution is 2.43. The minimum atomic E-state index is -5.86. The van der Waals surface area contributed by atoms with E-state index in [0.29, 0.717) is 0 Å². The second-order valence-corrected chi connectivity index (χ2v) is 6.67. The first-order valence-corrected chi connectivity index (χ1v) is 8.35. The first kappa shape index (κ1) is 18.9. The van der Waals surface area contributed by atoms with Crippen LogP contribution in [0.2, 0.25) is 0 Å². The van der Waals surface area contributed by atoms with Gasteiger partial charge in [0.25, 0.3) is 0 Å². The molecule has 0 radical (unpaired) electrons. The lowest BCUT2D eigenvalue weighted by molar-refractivity contribution is -0.286. The predicted octanol–water partition coefficient (Wildman–Crippen LogP) is 3.47. The zero-order valence-corrected chi connectivity index (χ0v) is 13.6. The largest absolute Gasteiger partial charge is 0.586 e. The molecule has 1 heterocycles. The third-order valence-electron chi connectivity index (χ3n) is 3.28. The van der Waals surface area contributed by atoms with E-state index in [0.717, 1.165) is 30.3 Å². The Kier molecular flexibility index (Phi) is 4.25. The van der Waals surface area contributed by atoms with Crippen LogP contribution in [-0.2, 0) is 10.1 Å². The van der Waals surface area contributed by atoms with Gasteiger partial charge in [0.1, 0.15) is 5.75 Å². The van der Waals surface area contributed by atoms with Crippen molar-refractivity contribution in [2.24, 2.45) is 0 Å². The molecule has 144 valence electrons. The Morgan fingerprint density at radius 1 is 1.00 bits per heavy atom. The van der Waals surface area contributed by atoms with Crippen LogP contribution in [0.15, 0.2) is 42.5 Å². The van der Waals surface area contributed by atoms with Crippen molar-refractivity contribution in [2.45, 2.75) is 11.8 Å². The fraction of sp³-hybridized carbons (Fsp3) is 0.133. The molecule has 6 nitrogen and oxygen atoms in total. The summed E-state index contributed by atoms with van der Waals surface area (Å²) in [6.07, 6.45) is -3.94. The molecule has 0 atom stereocenters. The molecule has 0 saturated carbocycles. The third-order valence-corrected chi connectivity index (χ3v) is 4.26. The lowest BCUT2D eigenvalue weighted by Crippen LogP contribution is -2.28. The van der Waals surface area contributed by atoms with E-state index in [1.165, 1.54) is 12.1 Å². The fourth-order valence-corrected chi connectivity index (χ4v) is 2.60. The van der Waals surface area contributed by atoms with E-state index >= 15 is 0 Å². The van der Waals surface area contributed by atoms with E-state index in [1.54, 1.807) is 0 Å². The lowest BCUT2D eigenvalue weighted by atomic mass is 10.0. The second kappa shape index (κ2) is 6.08. The van der Waals surface area contributed by atoms with Crippen LogP contribution >= 0.6 is 0 Å². The Labute approximate surface area is 148 Å². The van der Waals surface area contributed by atoms with E-state index in [1.807, 2.05) is 0 Å². The molecular weight excluding hydrogens is 403 g/mol. The molecule has 2 aromatic rings. The van der Waals surface area contributed by atoms with Crippen LogP contribution in [-0.4, -0.2) is 26.0 Å². The van der Waals surface area contributed by atoms with Gasteiger partial charge in [-0.1, -0.05) is 6.07 Å². The number of ketones is 1. The summed E-state index contributed by atoms with van der Waals surface area (Å²) in [7, 11) is -5.86. The van der Waals surface area contributed by atoms with E-state index < -0.39 is 39.2 Å². The standard InChI is InChI=1S/C15H7F5O6S/c16-14(17,18)27(22,23)26-9-6-4-8(5-7-9)12(21)10-2-1-3-11-13(10)25-15(19,20)24-11/h1-7H. The number of rotatable bonds is 4. The van der Waals surface area contributed by atoms with Gasteiger partial charge in [0.05, 0.1) is 5.56 Å². The lowest BCUT2D eigenvalue weighted by Gasteiger charge is -2.10. The molecule has 0 unspecified atom stereocenters. The molecule has 3 rings (SSSR count). The molecule has 0 aliphatic carbocycles. The van der Waals surface area contributed by atoms with Crippen LogP contribution in [0, 0.1) is 0 Å². The molecule has 0 bridgehead atoms. The molecule has 27 heavy (non-hydrogen) atoms. The maximum Gasteiger partial charge on any atom is 0.586 e. The number of hydrogen-bond acceptors (Lipinski definition) is 6. The average Bonchev–Trinajstić information content (AvgIpc) is 2.87. The topological polar surface area (TPSA) is 78.9 Å². The van der Waals surface area contributed by atoms with Gasteiger partial charge in [-0.15, -0.1) is 8.78 Å². The molecule has 0 aromatic heterocycles. The summed E-state index contributed by atoms with van der Waals surface area (Å²) in [5.74, 6) is -2.35. The molecule has 1 aliphatic heterocycles. The first-order chi connectivity index (χ1) is 12.4. The van der Waals surface area contributed by atoms with Crippen LogP contribution in [0.1, 0.15) is 15.9 Å².